The molecule has 0 saturated heterocycles. The standard InChI is InChI=1S/C90H88N10O4/c1-87(2,3)37-45-101-63-53-61(54-64(57-63)102-46-38-88(4,5)6)85-77-33-29-69(95-77)67(27-25-59-49-81(73-21-13-17-41-91-73)99-82(50-59)74-22-14-18-42-92-74)71-31-35-79(97-71)86(62-55-65(103-47-39-89(7,8)9)58-66(56-62)104-48-40-90(10,11)12)80-36-32-72(98-80)68(70-30-34-78(85)96-70)28-26-60-51-83(75-23-15-19-43-93-75)100-84(52-60)76-24-16-20-44-94-76/h13-24,29-36,41-44,49-58,95,98H,37-40,45-48H2,1-12H3. The first-order chi connectivity index (χ1) is 49.9. The number of aromatic nitrogens is 10. The SMILES string of the molecule is CC(C)(C)CCOc1cc(OCCC(C)(C)C)cc(-c2c3nc(c(C#Cc4cc(-c5ccccn5)nc(-c5ccccn5)c4)c4ccc([nH]4)c(-c4cc(OCCC(C)(C)C)cc(OCCC(C)(C)C)c4)c4nc(c(C#Cc5cc(-c6ccccn6)nc(-c6ccccn6)c5)c5ccc2[nH]5)C=C4)C=C3)c1. The van der Waals surface area contributed by atoms with Crippen molar-refractivity contribution in [1.29, 1.82) is 0 Å². The summed E-state index contributed by atoms with van der Waals surface area (Å²) < 4.78 is 26.9. The molecule has 2 aliphatic rings. The molecule has 2 aliphatic heterocycles. The molecular weight excluding hydrogens is 1290 g/mol. The molecule has 11 heterocycles. The van der Waals surface area contributed by atoms with Crippen LogP contribution in [0.1, 0.15) is 154 Å². The van der Waals surface area contributed by atoms with Crippen LogP contribution in [0, 0.1) is 45.3 Å². The average Bonchev–Trinajstić information content (AvgIpc) is 1.62. The second-order valence-electron chi connectivity index (χ2n) is 31.1. The van der Waals surface area contributed by atoms with E-state index < -0.39 is 0 Å². The molecule has 0 unspecified atom stereocenters. The molecule has 104 heavy (non-hydrogen) atoms. The van der Waals surface area contributed by atoms with Gasteiger partial charge in [0.2, 0.25) is 0 Å². The van der Waals surface area contributed by atoms with Gasteiger partial charge in [-0.15, -0.1) is 0 Å². The Kier molecular flexibility index (Phi) is 20.7. The number of ether oxygens (including phenoxy) is 4. The molecule has 14 nitrogen and oxygen atoms in total. The van der Waals surface area contributed by atoms with E-state index in [1.54, 1.807) is 24.8 Å². The fourth-order valence-corrected chi connectivity index (χ4v) is 11.8. The summed E-state index contributed by atoms with van der Waals surface area (Å²) in [7, 11) is 0. The number of nitrogens with zero attached hydrogens (tertiary/aromatic N) is 8. The predicted molar refractivity (Wildman–Crippen MR) is 421 cm³/mol. The lowest BCUT2D eigenvalue weighted by atomic mass is 9.93. The minimum atomic E-state index is 0.0407. The van der Waals surface area contributed by atoms with Crippen molar-refractivity contribution < 1.29 is 18.9 Å². The fourth-order valence-electron chi connectivity index (χ4n) is 11.8. The predicted octanol–water partition coefficient (Wildman–Crippen LogP) is 21.1. The Hall–Kier alpha value is -11.7. The third-order valence-corrected chi connectivity index (χ3v) is 17.6. The van der Waals surface area contributed by atoms with Crippen molar-refractivity contribution in [3.8, 4) is 114 Å². The van der Waals surface area contributed by atoms with Gasteiger partial charge in [0, 0.05) is 70.2 Å². The molecule has 0 aliphatic carbocycles. The smallest absolute Gasteiger partial charge is 0.123 e. The van der Waals surface area contributed by atoms with E-state index >= 15 is 0 Å². The van der Waals surface area contributed by atoms with E-state index in [0.717, 1.165) is 70.0 Å². The molecule has 2 aromatic carbocycles. The Bertz CT molecular complexity index is 4800. The Balaban J connectivity index is 1.11. The van der Waals surface area contributed by atoms with Crippen molar-refractivity contribution in [2.75, 3.05) is 26.4 Å². The van der Waals surface area contributed by atoms with Crippen LogP contribution < -0.4 is 18.9 Å². The number of benzene rings is 2. The molecule has 13 rings (SSSR count). The van der Waals surface area contributed by atoms with Gasteiger partial charge in [-0.1, -0.05) is 131 Å². The van der Waals surface area contributed by atoms with Crippen LogP contribution in [0.2, 0.25) is 0 Å². The average molecular weight is 1370 g/mol. The van der Waals surface area contributed by atoms with Crippen LogP contribution in [0.5, 0.6) is 23.0 Å². The molecule has 0 atom stereocenters. The molecular formula is C90H88N10O4. The van der Waals surface area contributed by atoms with Gasteiger partial charge in [0.05, 0.1) is 117 Å². The van der Waals surface area contributed by atoms with Crippen molar-refractivity contribution in [1.82, 2.24) is 49.8 Å². The zero-order valence-electron chi connectivity index (χ0n) is 61.5. The number of fused-ring (bicyclic) bond motifs is 8. The van der Waals surface area contributed by atoms with Gasteiger partial charge in [-0.25, -0.2) is 19.9 Å². The fraction of sp³-hybridized carbons (Fsp3) is 0.267. The minimum absolute atomic E-state index is 0.0407. The van der Waals surface area contributed by atoms with Crippen LogP contribution in [0.4, 0.5) is 0 Å². The lowest BCUT2D eigenvalue weighted by Crippen LogP contribution is -2.12. The van der Waals surface area contributed by atoms with Crippen LogP contribution in [0.25, 0.3) is 114 Å². The summed E-state index contributed by atoms with van der Waals surface area (Å²) >= 11 is 0. The first-order valence-corrected chi connectivity index (χ1v) is 35.7. The number of aromatic amines is 2. The largest absolute Gasteiger partial charge is 0.493 e. The van der Waals surface area contributed by atoms with Crippen molar-refractivity contribution in [3.05, 3.63) is 228 Å². The highest BCUT2D eigenvalue weighted by atomic mass is 16.5. The first-order valence-electron chi connectivity index (χ1n) is 35.7. The molecule has 0 saturated carbocycles. The highest BCUT2D eigenvalue weighted by Crippen LogP contribution is 2.40. The second-order valence-corrected chi connectivity index (χ2v) is 31.1. The van der Waals surface area contributed by atoms with E-state index in [4.69, 9.17) is 58.8 Å². The Morgan fingerprint density at radius 1 is 0.298 bits per heavy atom. The number of pyridine rings is 6. The maximum atomic E-state index is 6.72. The summed E-state index contributed by atoms with van der Waals surface area (Å²) in [6.45, 7) is 28.7. The van der Waals surface area contributed by atoms with Crippen LogP contribution in [0.3, 0.4) is 0 Å². The van der Waals surface area contributed by atoms with Crippen molar-refractivity contribution >= 4 is 46.4 Å². The van der Waals surface area contributed by atoms with E-state index in [9.17, 15) is 0 Å². The molecule has 0 radical (unpaired) electrons. The molecule has 14 heteroatoms. The van der Waals surface area contributed by atoms with Gasteiger partial charge >= 0.3 is 0 Å². The number of rotatable bonds is 18. The third-order valence-electron chi connectivity index (χ3n) is 17.6. The molecule has 2 N–H and O–H groups in total. The molecule has 9 aromatic heterocycles. The summed E-state index contributed by atoms with van der Waals surface area (Å²) in [5, 5.41) is 0. The summed E-state index contributed by atoms with van der Waals surface area (Å²) in [6.07, 6.45) is 18.7. The summed E-state index contributed by atoms with van der Waals surface area (Å²) in [6, 6.07) is 51.8. The second kappa shape index (κ2) is 30.4. The Morgan fingerprint density at radius 2 is 0.587 bits per heavy atom. The van der Waals surface area contributed by atoms with Gasteiger partial charge in [-0.3, -0.25) is 19.9 Å². The van der Waals surface area contributed by atoms with Gasteiger partial charge in [0.15, 0.2) is 0 Å². The minimum Gasteiger partial charge on any atom is -0.493 e. The maximum Gasteiger partial charge on any atom is 0.123 e. The van der Waals surface area contributed by atoms with Crippen LogP contribution >= 0.6 is 0 Å². The van der Waals surface area contributed by atoms with Crippen LogP contribution in [-0.4, -0.2) is 76.3 Å². The lowest BCUT2D eigenvalue weighted by molar-refractivity contribution is 0.233. The van der Waals surface area contributed by atoms with E-state index in [2.05, 4.69) is 177 Å². The summed E-state index contributed by atoms with van der Waals surface area (Å²) in [5.74, 6) is 17.3. The first kappa shape index (κ1) is 70.7. The normalized spacial score (nSPS) is 12.1. The number of H-pyrrole nitrogens is 2. The maximum absolute atomic E-state index is 6.72. The topological polar surface area (TPSA) is 172 Å². The molecule has 8 bridgehead atoms. The number of hydrogen-bond acceptors (Lipinski definition) is 12. The van der Waals surface area contributed by atoms with E-state index in [1.807, 2.05) is 121 Å². The van der Waals surface area contributed by atoms with Crippen molar-refractivity contribution in [2.45, 2.75) is 109 Å². The van der Waals surface area contributed by atoms with E-state index in [0.29, 0.717) is 140 Å². The molecule has 0 amide bonds. The van der Waals surface area contributed by atoms with Crippen LogP contribution in [-0.2, 0) is 0 Å². The zero-order chi connectivity index (χ0) is 72.6. The summed E-state index contributed by atoms with van der Waals surface area (Å²) in [5.41, 5.74) is 17.1. The molecule has 11 aromatic rings. The van der Waals surface area contributed by atoms with Gasteiger partial charge in [0.25, 0.3) is 0 Å². The Morgan fingerprint density at radius 3 is 0.865 bits per heavy atom. The van der Waals surface area contributed by atoms with E-state index in [-0.39, 0.29) is 21.7 Å². The number of hydrogen-bond donors (Lipinski definition) is 2. The lowest BCUT2D eigenvalue weighted by Gasteiger charge is -2.20. The van der Waals surface area contributed by atoms with Gasteiger partial charge in [0.1, 0.15) is 23.0 Å². The quantitative estimate of drug-likeness (QED) is 0.0780. The van der Waals surface area contributed by atoms with E-state index in [1.165, 1.54) is 0 Å². The van der Waals surface area contributed by atoms with Gasteiger partial charge in [-0.05, 0) is 204 Å². The monoisotopic (exact) mass is 1370 g/mol. The molecule has 0 fully saturated rings. The summed E-state index contributed by atoms with van der Waals surface area (Å²) in [4.78, 5) is 48.2. The van der Waals surface area contributed by atoms with Crippen LogP contribution in [0.15, 0.2) is 183 Å². The highest BCUT2D eigenvalue weighted by Gasteiger charge is 2.23. The Labute approximate surface area is 610 Å². The molecule has 0 spiro atoms. The third kappa shape index (κ3) is 18.3. The molecule has 522 valence electrons. The van der Waals surface area contributed by atoms with Gasteiger partial charge < -0.3 is 28.9 Å². The van der Waals surface area contributed by atoms with Crippen molar-refractivity contribution in [3.63, 3.8) is 0 Å². The van der Waals surface area contributed by atoms with Crippen molar-refractivity contribution in [2.24, 2.45) is 21.7 Å². The highest BCUT2D eigenvalue weighted by molar-refractivity contribution is 5.96. The zero-order valence-corrected chi connectivity index (χ0v) is 61.5. The number of nitrogens with one attached hydrogen (secondary N) is 2. The van der Waals surface area contributed by atoms with Gasteiger partial charge in [-0.2, -0.15) is 0 Å².